The molecule has 3 aromatic carbocycles. The van der Waals surface area contributed by atoms with Crippen molar-refractivity contribution in [2.45, 2.75) is 129 Å². The van der Waals surface area contributed by atoms with E-state index in [0.29, 0.717) is 46.8 Å². The number of benzene rings is 3. The number of carboxylic acids is 3. The minimum Gasteiger partial charge on any atom is -0.548 e. The summed E-state index contributed by atoms with van der Waals surface area (Å²) >= 11 is 41.4. The van der Waals surface area contributed by atoms with Crippen molar-refractivity contribution in [1.29, 1.82) is 0 Å². The van der Waals surface area contributed by atoms with E-state index in [0.717, 1.165) is 0 Å². The van der Waals surface area contributed by atoms with Gasteiger partial charge in [0.25, 0.3) is 17.7 Å². The molecule has 0 unspecified atom stereocenters. The standard InChI is InChI=1S/3C19H17Cl2N3O5S.Al.9H2O/c3*1-7-10(12(23-29-7)11-8(20)5-4-6-9(11)21)15(25)22-13-16(26)24-14(18(27)28)19(2,3)30-17(13)24;;;;;;;;;;/h3*4-6,13-14,17H,1-3H3,(H,22,25)(H,27,28);;9*1H2/q;;;+3;;;;;;;;;/p-3/t3*13-,14+,17-;;;;;;;;;;/m111........../s1. The first-order valence-corrected chi connectivity index (χ1v) is 31.8. The fraction of sp³-hybridized carbons (Fsp3) is 0.368. The number of carboxylic acid groups (broad SMARTS) is 3. The van der Waals surface area contributed by atoms with Gasteiger partial charge >= 0.3 is 17.4 Å². The van der Waals surface area contributed by atoms with Crippen LogP contribution < -0.4 is 31.3 Å². The van der Waals surface area contributed by atoms with Crippen LogP contribution in [0.15, 0.2) is 68.2 Å². The normalized spacial score (nSPS) is 21.9. The van der Waals surface area contributed by atoms with E-state index in [1.165, 1.54) is 50.0 Å². The number of thioether (sulfide) groups is 3. The van der Waals surface area contributed by atoms with Gasteiger partial charge in [-0.3, -0.25) is 28.8 Å². The summed E-state index contributed by atoms with van der Waals surface area (Å²) < 4.78 is 13.3. The van der Waals surface area contributed by atoms with Crippen LogP contribution in [0.25, 0.3) is 33.8 Å². The zero-order valence-corrected chi connectivity index (χ0v) is 61.4. The minimum absolute atomic E-state index is 0. The maximum absolute atomic E-state index is 13.1. The number of aliphatic carboxylic acids is 3. The summed E-state index contributed by atoms with van der Waals surface area (Å²) in [6.07, 6.45) is 0. The maximum Gasteiger partial charge on any atom is 3.00 e. The molecule has 0 saturated carbocycles. The number of nitrogens with zero attached hydrogens (tertiary/aromatic N) is 6. The minimum atomic E-state index is -1.32. The Labute approximate surface area is 620 Å². The average Bonchev–Trinajstić information content (AvgIpc) is 1.56. The largest absolute Gasteiger partial charge is 3.00 e. The van der Waals surface area contributed by atoms with Gasteiger partial charge in [0.05, 0.1) is 66.2 Å². The van der Waals surface area contributed by atoms with Gasteiger partial charge < -0.3 is 123 Å². The third-order valence-corrected chi connectivity index (χ3v) is 22.3. The molecule has 6 aliphatic heterocycles. The molecular weight excluding hydrogens is 1530 g/mol. The third-order valence-electron chi connectivity index (χ3n) is 15.7. The molecule has 0 bridgehead atoms. The van der Waals surface area contributed by atoms with Crippen LogP contribution in [0.3, 0.4) is 0 Å². The van der Waals surface area contributed by atoms with Crippen LogP contribution in [-0.4, -0.2) is 217 Å². The van der Waals surface area contributed by atoms with Gasteiger partial charge in [-0.15, -0.1) is 35.3 Å². The molecule has 21 N–H and O–H groups in total. The van der Waals surface area contributed by atoms with Crippen LogP contribution in [0, 0.1) is 20.8 Å². The number of rotatable bonds is 12. The van der Waals surface area contributed by atoms with Crippen LogP contribution in [0.5, 0.6) is 0 Å². The van der Waals surface area contributed by atoms with Gasteiger partial charge in [0.1, 0.15) is 85.3 Å². The number of β-lactam (4-membered cyclic amide) rings is 3. The molecule has 6 aromatic rings. The van der Waals surface area contributed by atoms with E-state index in [4.69, 9.17) is 83.2 Å². The van der Waals surface area contributed by atoms with Gasteiger partial charge in [0, 0.05) is 30.9 Å². The summed E-state index contributed by atoms with van der Waals surface area (Å²) in [5, 5.41) is 54.6. The Hall–Kier alpha value is -6.52. The molecule has 9 atom stereocenters. The Kier molecular flexibility index (Phi) is 32.4. The predicted molar refractivity (Wildman–Crippen MR) is 365 cm³/mol. The van der Waals surface area contributed by atoms with Crippen LogP contribution in [-0.2, 0) is 28.8 Å². The number of hydrogen-bond acceptors (Lipinski definition) is 21. The average molecular weight is 1600 g/mol. The van der Waals surface area contributed by atoms with Gasteiger partial charge in [-0.1, -0.05) is 103 Å². The summed E-state index contributed by atoms with van der Waals surface area (Å²) in [7, 11) is 0. The van der Waals surface area contributed by atoms with Crippen molar-refractivity contribution in [2.24, 2.45) is 0 Å². The van der Waals surface area contributed by atoms with Crippen LogP contribution in [0.4, 0.5) is 0 Å². The molecule has 3 aromatic heterocycles. The zero-order valence-electron chi connectivity index (χ0n) is 53.3. The van der Waals surface area contributed by atoms with E-state index in [1.54, 1.807) is 117 Å². The Morgan fingerprint density at radius 1 is 0.410 bits per heavy atom. The number of aromatic nitrogens is 3. The second-order valence-electron chi connectivity index (χ2n) is 22.8. The number of carbonyl (C=O) groups is 9. The first kappa shape index (κ1) is 93.5. The summed E-state index contributed by atoms with van der Waals surface area (Å²) in [5.41, 5.74) is 1.84. The van der Waals surface area contributed by atoms with Crippen molar-refractivity contribution in [2.75, 3.05) is 0 Å². The number of fused-ring (bicyclic) bond motifs is 3. The summed E-state index contributed by atoms with van der Waals surface area (Å²) in [4.78, 5) is 115. The Morgan fingerprint density at radius 2 is 0.600 bits per heavy atom. The molecule has 6 fully saturated rings. The number of nitrogens with one attached hydrogen (secondary N) is 3. The summed E-state index contributed by atoms with van der Waals surface area (Å²) in [5.74, 6) is -6.48. The molecule has 6 amide bonds. The monoisotopic (exact) mass is 1590 g/mol. The Morgan fingerprint density at radius 3 is 0.780 bits per heavy atom. The quantitative estimate of drug-likeness (QED) is 0.0864. The molecule has 12 rings (SSSR count). The molecular formula is C57H66AlCl6N9O24S3. The van der Waals surface area contributed by atoms with Gasteiger partial charge in [-0.2, -0.15) is 0 Å². The Balaban J connectivity index is 0.00000140. The molecule has 0 spiro atoms. The summed E-state index contributed by atoms with van der Waals surface area (Å²) in [6.45, 7) is 15.0. The molecule has 43 heteroatoms. The molecule has 33 nitrogen and oxygen atoms in total. The van der Waals surface area contributed by atoms with Crippen molar-refractivity contribution in [1.82, 2.24) is 46.1 Å². The smallest absolute Gasteiger partial charge is 0.548 e. The van der Waals surface area contributed by atoms with Crippen molar-refractivity contribution in [3.63, 3.8) is 0 Å². The molecule has 0 aliphatic carbocycles. The topological polar surface area (TPSA) is 630 Å². The van der Waals surface area contributed by atoms with Crippen LogP contribution >= 0.6 is 105 Å². The van der Waals surface area contributed by atoms with E-state index >= 15 is 0 Å². The summed E-state index contributed by atoms with van der Waals surface area (Å²) in [6, 6.07) is 8.81. The van der Waals surface area contributed by atoms with Gasteiger partial charge in [0.2, 0.25) is 17.7 Å². The molecule has 6 saturated heterocycles. The van der Waals surface area contributed by atoms with Gasteiger partial charge in [-0.25, -0.2) is 0 Å². The number of hydrogen-bond donors (Lipinski definition) is 3. The van der Waals surface area contributed by atoms with E-state index in [9.17, 15) is 58.5 Å². The number of halogens is 6. The molecule has 546 valence electrons. The second-order valence-corrected chi connectivity index (χ2v) is 30.5. The van der Waals surface area contributed by atoms with E-state index in [-0.39, 0.29) is 118 Å². The fourth-order valence-corrected chi connectivity index (χ4v) is 18.2. The van der Waals surface area contributed by atoms with Crippen molar-refractivity contribution in [3.05, 3.63) is 119 Å². The maximum atomic E-state index is 13.1. The fourth-order valence-electron chi connectivity index (χ4n) is 11.6. The predicted octanol–water partition coefficient (Wildman–Crippen LogP) is -2.20. The van der Waals surface area contributed by atoms with Gasteiger partial charge in [-0.05, 0) is 98.7 Å². The molecule has 100 heavy (non-hydrogen) atoms. The SMILES string of the molecule is Cc1onc(-c2c(Cl)cccc2Cl)c1C(=O)N[C@@H]1C(=O)N2[C@@H]1SC(C)(C)[C@@H]2C(=O)[O-].Cc1onc(-c2c(Cl)cccc2Cl)c1C(=O)N[C@@H]1C(=O)N2[C@@H]1SC(C)(C)[C@@H]2C(=O)[O-].Cc1onc(-c2c(Cl)cccc2Cl)c1C(=O)N[C@@H]1C(=O)N2[C@@H]1SC(C)(C)[C@@H]2C(=O)[O-].O.O.O.O.O.O.O.O.O.[Al+3]. The second kappa shape index (κ2) is 34.6. The van der Waals surface area contributed by atoms with Crippen LogP contribution in [0.2, 0.25) is 30.1 Å². The van der Waals surface area contributed by atoms with E-state index in [1.807, 2.05) is 0 Å². The third kappa shape index (κ3) is 16.1. The van der Waals surface area contributed by atoms with E-state index in [2.05, 4.69) is 31.4 Å². The first-order valence-electron chi connectivity index (χ1n) is 26.9. The molecule has 6 aliphatic rings. The van der Waals surface area contributed by atoms with Crippen LogP contribution in [0.1, 0.15) is 89.9 Å². The van der Waals surface area contributed by atoms with Gasteiger partial charge in [0.15, 0.2) is 0 Å². The molecule has 0 radical (unpaired) electrons. The van der Waals surface area contributed by atoms with Crippen molar-refractivity contribution >= 4 is 176 Å². The number of amides is 6. The molecule has 9 heterocycles. The first-order chi connectivity index (χ1) is 42.1. The van der Waals surface area contributed by atoms with Crippen molar-refractivity contribution < 1.29 is 121 Å². The number of carbonyl (C=O) groups excluding carboxylic acids is 9. The van der Waals surface area contributed by atoms with Crippen molar-refractivity contribution in [3.8, 4) is 33.8 Å². The zero-order chi connectivity index (χ0) is 65.9. The van der Waals surface area contributed by atoms with E-state index < -0.39 is 120 Å². The Bertz CT molecular complexity index is 3630. The number of aryl methyl sites for hydroxylation is 3.